The fraction of sp³-hybridized carbons (Fsp3) is 0.700. The van der Waals surface area contributed by atoms with Gasteiger partial charge < -0.3 is 4.90 Å². The van der Waals surface area contributed by atoms with Gasteiger partial charge in [-0.3, -0.25) is 4.72 Å². The number of rotatable bonds is 3. The van der Waals surface area contributed by atoms with Crippen LogP contribution in [0.2, 0.25) is 0 Å². The maximum Gasteiger partial charge on any atom is 0.324 e. The first kappa shape index (κ1) is 18.1. The van der Waals surface area contributed by atoms with Gasteiger partial charge in [0.1, 0.15) is 0 Å². The number of benzene rings is 1. The van der Waals surface area contributed by atoms with Crippen LogP contribution in [-0.4, -0.2) is 39.0 Å². The molecule has 0 amide bonds. The molecule has 2 heterocycles. The van der Waals surface area contributed by atoms with E-state index in [9.17, 15) is 8.42 Å². The summed E-state index contributed by atoms with van der Waals surface area (Å²) >= 11 is 0. The van der Waals surface area contributed by atoms with E-state index in [1.54, 1.807) is 4.31 Å². The van der Waals surface area contributed by atoms with Gasteiger partial charge in [-0.15, -0.1) is 0 Å². The third-order valence-electron chi connectivity index (χ3n) is 6.27. The second kappa shape index (κ2) is 7.77. The Balaban J connectivity index is 1.36. The summed E-state index contributed by atoms with van der Waals surface area (Å²) in [5.41, 5.74) is 1.52. The SMILES string of the molecule is O=S1(=O)Nc2ccccc2N1C1CCN(CC2CCCCCCC2)CC1. The van der Waals surface area contributed by atoms with Crippen LogP contribution in [0.3, 0.4) is 0 Å². The number of nitrogens with one attached hydrogen (secondary N) is 1. The van der Waals surface area contributed by atoms with Crippen molar-refractivity contribution in [1.29, 1.82) is 0 Å². The van der Waals surface area contributed by atoms with Gasteiger partial charge in [-0.2, -0.15) is 8.42 Å². The summed E-state index contributed by atoms with van der Waals surface area (Å²) in [6.45, 7) is 3.22. The van der Waals surface area contributed by atoms with Crippen LogP contribution in [0.4, 0.5) is 11.4 Å². The first-order valence-electron chi connectivity index (χ1n) is 10.3. The minimum absolute atomic E-state index is 0.0738. The van der Waals surface area contributed by atoms with Gasteiger partial charge in [0.25, 0.3) is 0 Å². The highest BCUT2D eigenvalue weighted by Crippen LogP contribution is 2.39. The summed E-state index contributed by atoms with van der Waals surface area (Å²) in [6.07, 6.45) is 11.6. The summed E-state index contributed by atoms with van der Waals surface area (Å²) in [4.78, 5) is 2.57. The van der Waals surface area contributed by atoms with E-state index < -0.39 is 10.2 Å². The summed E-state index contributed by atoms with van der Waals surface area (Å²) in [6, 6.07) is 7.62. The second-order valence-corrected chi connectivity index (χ2v) is 9.71. The van der Waals surface area contributed by atoms with Gasteiger partial charge in [0.2, 0.25) is 0 Å². The molecule has 6 heteroatoms. The highest BCUT2D eigenvalue weighted by molar-refractivity contribution is 7.94. The fourth-order valence-corrected chi connectivity index (χ4v) is 6.46. The van der Waals surface area contributed by atoms with Gasteiger partial charge >= 0.3 is 10.2 Å². The Hall–Kier alpha value is -1.27. The van der Waals surface area contributed by atoms with E-state index in [-0.39, 0.29) is 6.04 Å². The predicted molar refractivity (Wildman–Crippen MR) is 107 cm³/mol. The molecule has 1 N–H and O–H groups in total. The molecule has 0 spiro atoms. The van der Waals surface area contributed by atoms with Crippen LogP contribution in [0, 0.1) is 5.92 Å². The van der Waals surface area contributed by atoms with Crippen molar-refractivity contribution in [3.63, 3.8) is 0 Å². The van der Waals surface area contributed by atoms with Crippen LogP contribution in [-0.2, 0) is 10.2 Å². The highest BCUT2D eigenvalue weighted by Gasteiger charge is 2.39. The maximum absolute atomic E-state index is 12.6. The molecule has 144 valence electrons. The van der Waals surface area contributed by atoms with Crippen molar-refractivity contribution in [2.24, 2.45) is 5.92 Å². The standard InChI is InChI=1S/C20H31N3O2S/c24-26(25)21-19-10-6-7-11-20(19)23(26)18-12-14-22(15-13-18)16-17-8-4-2-1-3-5-9-17/h6-7,10-11,17-18,21H,1-5,8-9,12-16H2. The number of nitrogens with zero attached hydrogens (tertiary/aromatic N) is 2. The molecule has 0 atom stereocenters. The Morgan fingerprint density at radius 1 is 0.923 bits per heavy atom. The van der Waals surface area contributed by atoms with E-state index in [0.717, 1.165) is 37.5 Å². The lowest BCUT2D eigenvalue weighted by molar-refractivity contribution is 0.170. The molecular weight excluding hydrogens is 346 g/mol. The van der Waals surface area contributed by atoms with Crippen LogP contribution >= 0.6 is 0 Å². The molecule has 2 aliphatic heterocycles. The van der Waals surface area contributed by atoms with Crippen LogP contribution in [0.5, 0.6) is 0 Å². The van der Waals surface area contributed by atoms with E-state index in [1.807, 2.05) is 24.3 Å². The van der Waals surface area contributed by atoms with Gasteiger partial charge in [0.15, 0.2) is 0 Å². The average molecular weight is 378 g/mol. The minimum atomic E-state index is -3.43. The molecule has 1 aliphatic carbocycles. The van der Waals surface area contributed by atoms with Crippen molar-refractivity contribution >= 4 is 21.6 Å². The van der Waals surface area contributed by atoms with Crippen LogP contribution in [0.25, 0.3) is 0 Å². The average Bonchev–Trinajstić information content (AvgIpc) is 2.87. The van der Waals surface area contributed by atoms with Crippen LogP contribution < -0.4 is 9.03 Å². The summed E-state index contributed by atoms with van der Waals surface area (Å²) < 4.78 is 29.5. The number of likely N-dealkylation sites (tertiary alicyclic amines) is 1. The van der Waals surface area contributed by atoms with Crippen molar-refractivity contribution < 1.29 is 8.42 Å². The van der Waals surface area contributed by atoms with E-state index in [0.29, 0.717) is 5.69 Å². The van der Waals surface area contributed by atoms with E-state index in [1.165, 1.54) is 51.5 Å². The number of hydrogen-bond acceptors (Lipinski definition) is 3. The van der Waals surface area contributed by atoms with Crippen molar-refractivity contribution in [1.82, 2.24) is 4.90 Å². The molecule has 1 aromatic rings. The van der Waals surface area contributed by atoms with Crippen molar-refractivity contribution in [3.8, 4) is 0 Å². The van der Waals surface area contributed by atoms with E-state index in [4.69, 9.17) is 0 Å². The zero-order valence-corrected chi connectivity index (χ0v) is 16.4. The number of hydrogen-bond donors (Lipinski definition) is 1. The Labute approximate surface area is 157 Å². The Kier molecular flexibility index (Phi) is 5.41. The first-order chi connectivity index (χ1) is 12.6. The van der Waals surface area contributed by atoms with Crippen LogP contribution in [0.1, 0.15) is 57.8 Å². The minimum Gasteiger partial charge on any atom is -0.303 e. The molecule has 1 aromatic carbocycles. The van der Waals surface area contributed by atoms with Gasteiger partial charge in [0.05, 0.1) is 11.4 Å². The summed E-state index contributed by atoms with van der Waals surface area (Å²) in [5, 5.41) is 0. The Morgan fingerprint density at radius 2 is 1.58 bits per heavy atom. The lowest BCUT2D eigenvalue weighted by Gasteiger charge is -2.38. The van der Waals surface area contributed by atoms with Crippen LogP contribution in [0.15, 0.2) is 24.3 Å². The topological polar surface area (TPSA) is 52.7 Å². The number of anilines is 2. The molecule has 0 unspecified atom stereocenters. The molecule has 1 saturated heterocycles. The first-order valence-corrected chi connectivity index (χ1v) is 11.7. The Bertz CT molecular complexity index is 706. The van der Waals surface area contributed by atoms with E-state index in [2.05, 4.69) is 9.62 Å². The molecule has 4 rings (SSSR count). The van der Waals surface area contributed by atoms with Gasteiger partial charge in [-0.05, 0) is 43.7 Å². The zero-order valence-electron chi connectivity index (χ0n) is 15.6. The largest absolute Gasteiger partial charge is 0.324 e. The molecule has 0 radical (unpaired) electrons. The number of para-hydroxylation sites is 2. The Morgan fingerprint density at radius 3 is 2.31 bits per heavy atom. The molecular formula is C20H31N3O2S. The molecule has 0 bridgehead atoms. The summed E-state index contributed by atoms with van der Waals surface area (Å²) in [5.74, 6) is 0.838. The molecule has 1 saturated carbocycles. The monoisotopic (exact) mass is 377 g/mol. The van der Waals surface area contributed by atoms with Gasteiger partial charge in [0, 0.05) is 25.7 Å². The smallest absolute Gasteiger partial charge is 0.303 e. The molecule has 2 fully saturated rings. The van der Waals surface area contributed by atoms with Gasteiger partial charge in [-0.25, -0.2) is 4.31 Å². The lowest BCUT2D eigenvalue weighted by atomic mass is 9.90. The third kappa shape index (κ3) is 3.86. The number of fused-ring (bicyclic) bond motifs is 1. The highest BCUT2D eigenvalue weighted by atomic mass is 32.2. The summed E-state index contributed by atoms with van der Waals surface area (Å²) in [7, 11) is -3.43. The lowest BCUT2D eigenvalue weighted by Crippen LogP contribution is -2.47. The fourth-order valence-electron chi connectivity index (χ4n) is 4.89. The van der Waals surface area contributed by atoms with Crippen molar-refractivity contribution in [3.05, 3.63) is 24.3 Å². The zero-order chi connectivity index (χ0) is 18.0. The van der Waals surface area contributed by atoms with Crippen molar-refractivity contribution in [2.75, 3.05) is 28.7 Å². The molecule has 3 aliphatic rings. The van der Waals surface area contributed by atoms with E-state index >= 15 is 0 Å². The molecule has 0 aromatic heterocycles. The second-order valence-electron chi connectivity index (χ2n) is 8.16. The predicted octanol–water partition coefficient (Wildman–Crippen LogP) is 3.99. The van der Waals surface area contributed by atoms with Crippen molar-refractivity contribution in [2.45, 2.75) is 63.8 Å². The quantitative estimate of drug-likeness (QED) is 0.867. The maximum atomic E-state index is 12.6. The number of piperidine rings is 1. The third-order valence-corrected chi connectivity index (χ3v) is 7.76. The molecule has 5 nitrogen and oxygen atoms in total. The molecule has 26 heavy (non-hydrogen) atoms. The van der Waals surface area contributed by atoms with Gasteiger partial charge in [-0.1, -0.05) is 44.2 Å². The normalized spacial score (nSPS) is 25.3.